The van der Waals surface area contributed by atoms with Crippen LogP contribution in [0.15, 0.2) is 0 Å². The van der Waals surface area contributed by atoms with Crippen LogP contribution in [0.25, 0.3) is 0 Å². The van der Waals surface area contributed by atoms with Crippen LogP contribution in [-0.2, 0) is 9.59 Å². The van der Waals surface area contributed by atoms with Crippen LogP contribution in [0, 0.1) is 5.92 Å². The van der Waals surface area contributed by atoms with E-state index >= 15 is 0 Å². The highest BCUT2D eigenvalue weighted by Crippen LogP contribution is 1.85. The third-order valence-electron chi connectivity index (χ3n) is 1.21. The van der Waals surface area contributed by atoms with E-state index in [9.17, 15) is 9.59 Å². The van der Waals surface area contributed by atoms with Crippen LogP contribution in [-0.4, -0.2) is 24.9 Å². The van der Waals surface area contributed by atoms with E-state index in [1.165, 1.54) is 6.92 Å². The maximum Gasteiger partial charge on any atom is 0.239 e. The minimum atomic E-state index is -0.185. The number of rotatable bonds is 4. The van der Waals surface area contributed by atoms with E-state index in [0.29, 0.717) is 12.5 Å². The first kappa shape index (κ1) is 10.9. The second-order valence-corrected chi connectivity index (χ2v) is 3.11. The number of hydrogen-bond acceptors (Lipinski definition) is 2. The molecule has 0 bridgehead atoms. The lowest BCUT2D eigenvalue weighted by molar-refractivity contribution is -0.125. The molecule has 0 aromatic carbocycles. The average Bonchev–Trinajstić information content (AvgIpc) is 1.96. The summed E-state index contributed by atoms with van der Waals surface area (Å²) in [7, 11) is 0. The third kappa shape index (κ3) is 7.05. The van der Waals surface area contributed by atoms with Crippen molar-refractivity contribution in [2.24, 2.45) is 5.92 Å². The molecule has 0 aromatic heterocycles. The molecule has 0 aliphatic heterocycles. The number of hydrogen-bond donors (Lipinski definition) is 2. The van der Waals surface area contributed by atoms with Crippen molar-refractivity contribution in [3.8, 4) is 0 Å². The van der Waals surface area contributed by atoms with Crippen LogP contribution in [0.4, 0.5) is 0 Å². The van der Waals surface area contributed by atoms with Crippen molar-refractivity contribution < 1.29 is 9.59 Å². The number of nitrogens with one attached hydrogen (secondary N) is 2. The molecule has 4 nitrogen and oxygen atoms in total. The van der Waals surface area contributed by atoms with Gasteiger partial charge in [0.1, 0.15) is 0 Å². The molecule has 0 unspecified atom stereocenters. The lowest BCUT2D eigenvalue weighted by Crippen LogP contribution is -2.37. The van der Waals surface area contributed by atoms with Crippen molar-refractivity contribution in [3.63, 3.8) is 0 Å². The highest BCUT2D eigenvalue weighted by Gasteiger charge is 2.01. The first-order valence-electron chi connectivity index (χ1n) is 4.03. The highest BCUT2D eigenvalue weighted by molar-refractivity contribution is 5.83. The fourth-order valence-electron chi connectivity index (χ4n) is 0.585. The summed E-state index contributed by atoms with van der Waals surface area (Å²) in [5.74, 6) is 0.111. The Bertz CT molecular complexity index is 166. The van der Waals surface area contributed by atoms with Crippen molar-refractivity contribution in [1.29, 1.82) is 0 Å². The summed E-state index contributed by atoms with van der Waals surface area (Å²) >= 11 is 0. The molecule has 0 aliphatic carbocycles. The lowest BCUT2D eigenvalue weighted by atomic mass is 10.2. The quantitative estimate of drug-likeness (QED) is 0.622. The Kier molecular flexibility index (Phi) is 5.08. The Morgan fingerprint density at radius 1 is 1.25 bits per heavy atom. The molecular weight excluding hydrogens is 156 g/mol. The Hall–Kier alpha value is -1.06. The SMILES string of the molecule is CC(=O)NCC(=O)NCC(C)C. The van der Waals surface area contributed by atoms with Crippen molar-refractivity contribution in [3.05, 3.63) is 0 Å². The number of amides is 2. The minimum Gasteiger partial charge on any atom is -0.354 e. The molecule has 0 spiro atoms. The molecule has 0 saturated carbocycles. The fourth-order valence-corrected chi connectivity index (χ4v) is 0.585. The van der Waals surface area contributed by atoms with E-state index in [-0.39, 0.29) is 18.4 Å². The van der Waals surface area contributed by atoms with Crippen LogP contribution in [0.1, 0.15) is 20.8 Å². The average molecular weight is 172 g/mol. The summed E-state index contributed by atoms with van der Waals surface area (Å²) in [6.07, 6.45) is 0. The molecule has 0 heterocycles. The largest absolute Gasteiger partial charge is 0.354 e. The normalized spacial score (nSPS) is 9.67. The van der Waals surface area contributed by atoms with E-state index in [2.05, 4.69) is 10.6 Å². The van der Waals surface area contributed by atoms with Gasteiger partial charge in [0.05, 0.1) is 6.54 Å². The molecular formula is C8H16N2O2. The summed E-state index contributed by atoms with van der Waals surface area (Å²) in [5, 5.41) is 5.10. The van der Waals surface area contributed by atoms with Gasteiger partial charge in [-0.05, 0) is 5.92 Å². The van der Waals surface area contributed by atoms with E-state index in [0.717, 1.165) is 0 Å². The molecule has 12 heavy (non-hydrogen) atoms. The molecule has 0 rings (SSSR count). The first-order valence-corrected chi connectivity index (χ1v) is 4.03. The maximum atomic E-state index is 10.9. The van der Waals surface area contributed by atoms with Gasteiger partial charge >= 0.3 is 0 Å². The molecule has 0 radical (unpaired) electrons. The van der Waals surface area contributed by atoms with Crippen LogP contribution >= 0.6 is 0 Å². The second-order valence-electron chi connectivity index (χ2n) is 3.11. The van der Waals surface area contributed by atoms with Crippen molar-refractivity contribution in [2.45, 2.75) is 20.8 Å². The zero-order chi connectivity index (χ0) is 9.56. The van der Waals surface area contributed by atoms with Crippen molar-refractivity contribution in [1.82, 2.24) is 10.6 Å². The molecule has 70 valence electrons. The fraction of sp³-hybridized carbons (Fsp3) is 0.750. The van der Waals surface area contributed by atoms with Gasteiger partial charge in [-0.2, -0.15) is 0 Å². The standard InChI is InChI=1S/C8H16N2O2/c1-6(2)4-10-8(12)5-9-7(3)11/h6H,4-5H2,1-3H3,(H,9,11)(H,10,12). The molecule has 0 atom stereocenters. The summed E-state index contributed by atoms with van der Waals surface area (Å²) in [5.41, 5.74) is 0. The lowest BCUT2D eigenvalue weighted by Gasteiger charge is -2.07. The van der Waals surface area contributed by atoms with Gasteiger partial charge in [0, 0.05) is 13.5 Å². The Balaban J connectivity index is 3.40. The number of carbonyl (C=O) groups is 2. The summed E-state index contributed by atoms with van der Waals surface area (Å²) < 4.78 is 0. The molecule has 0 aromatic rings. The van der Waals surface area contributed by atoms with Crippen LogP contribution in [0.5, 0.6) is 0 Å². The van der Waals surface area contributed by atoms with E-state index < -0.39 is 0 Å². The monoisotopic (exact) mass is 172 g/mol. The van der Waals surface area contributed by atoms with E-state index in [1.807, 2.05) is 13.8 Å². The predicted molar refractivity (Wildman–Crippen MR) is 46.5 cm³/mol. The Morgan fingerprint density at radius 2 is 1.83 bits per heavy atom. The van der Waals surface area contributed by atoms with Crippen LogP contribution in [0.3, 0.4) is 0 Å². The third-order valence-corrected chi connectivity index (χ3v) is 1.21. The van der Waals surface area contributed by atoms with E-state index in [4.69, 9.17) is 0 Å². The van der Waals surface area contributed by atoms with Crippen LogP contribution < -0.4 is 10.6 Å². The van der Waals surface area contributed by atoms with Gasteiger partial charge in [-0.1, -0.05) is 13.8 Å². The summed E-state index contributed by atoms with van der Waals surface area (Å²) in [6.45, 7) is 6.13. The molecule has 2 N–H and O–H groups in total. The first-order chi connectivity index (χ1) is 5.52. The van der Waals surface area contributed by atoms with Crippen molar-refractivity contribution in [2.75, 3.05) is 13.1 Å². The smallest absolute Gasteiger partial charge is 0.239 e. The van der Waals surface area contributed by atoms with Crippen molar-refractivity contribution >= 4 is 11.8 Å². The zero-order valence-corrected chi connectivity index (χ0v) is 7.81. The highest BCUT2D eigenvalue weighted by atomic mass is 16.2. The maximum absolute atomic E-state index is 10.9. The molecule has 0 aliphatic rings. The topological polar surface area (TPSA) is 58.2 Å². The summed E-state index contributed by atoms with van der Waals surface area (Å²) in [6, 6.07) is 0. The van der Waals surface area contributed by atoms with Crippen LogP contribution in [0.2, 0.25) is 0 Å². The van der Waals surface area contributed by atoms with Gasteiger partial charge in [-0.3, -0.25) is 9.59 Å². The molecule has 4 heteroatoms. The van der Waals surface area contributed by atoms with Gasteiger partial charge in [-0.25, -0.2) is 0 Å². The molecule has 0 fully saturated rings. The second kappa shape index (κ2) is 5.57. The molecule has 0 saturated heterocycles. The Morgan fingerprint density at radius 3 is 2.25 bits per heavy atom. The molecule has 2 amide bonds. The number of carbonyl (C=O) groups excluding carboxylic acids is 2. The minimum absolute atomic E-state index is 0.0715. The Labute approximate surface area is 72.7 Å². The van der Waals surface area contributed by atoms with Gasteiger partial charge in [0.2, 0.25) is 11.8 Å². The predicted octanol–water partition coefficient (Wildman–Crippen LogP) is -0.105. The van der Waals surface area contributed by atoms with Gasteiger partial charge in [0.25, 0.3) is 0 Å². The van der Waals surface area contributed by atoms with Gasteiger partial charge < -0.3 is 10.6 Å². The van der Waals surface area contributed by atoms with E-state index in [1.54, 1.807) is 0 Å². The van der Waals surface area contributed by atoms with Gasteiger partial charge in [0.15, 0.2) is 0 Å². The zero-order valence-electron chi connectivity index (χ0n) is 7.81. The van der Waals surface area contributed by atoms with Gasteiger partial charge in [-0.15, -0.1) is 0 Å². The summed E-state index contributed by atoms with van der Waals surface area (Å²) in [4.78, 5) is 21.3.